The Balaban J connectivity index is 2.09. The molecule has 0 unspecified atom stereocenters. The molecule has 0 radical (unpaired) electrons. The van der Waals surface area contributed by atoms with E-state index in [1.165, 1.54) is 10.9 Å². The predicted molar refractivity (Wildman–Crippen MR) is 48.4 cm³/mol. The fourth-order valence-corrected chi connectivity index (χ4v) is 1.35. The van der Waals surface area contributed by atoms with E-state index >= 15 is 0 Å². The molecule has 0 saturated heterocycles. The van der Waals surface area contributed by atoms with Crippen LogP contribution in [0.1, 0.15) is 6.42 Å². The summed E-state index contributed by atoms with van der Waals surface area (Å²) in [5.74, 6) is 0. The van der Waals surface area contributed by atoms with Crippen molar-refractivity contribution in [1.82, 2.24) is 14.5 Å². The van der Waals surface area contributed by atoms with Crippen LogP contribution in [0.2, 0.25) is 0 Å². The lowest BCUT2D eigenvalue weighted by Gasteiger charge is -2.22. The van der Waals surface area contributed by atoms with E-state index in [1.54, 1.807) is 17.3 Å². The molecule has 4 heteroatoms. The fraction of sp³-hybridized carbons (Fsp3) is 0.333. The molecule has 0 aliphatic carbocycles. The first-order chi connectivity index (χ1) is 6.38. The minimum Gasteiger partial charge on any atom is -0.320 e. The van der Waals surface area contributed by atoms with Crippen molar-refractivity contribution >= 4 is 6.03 Å². The quantitative estimate of drug-likeness (QED) is 0.557. The van der Waals surface area contributed by atoms with Crippen molar-refractivity contribution in [3.8, 4) is 0 Å². The highest BCUT2D eigenvalue weighted by Crippen LogP contribution is 2.03. The molecule has 1 aliphatic heterocycles. The van der Waals surface area contributed by atoms with Crippen LogP contribution in [-0.2, 0) is 0 Å². The molecule has 0 N–H and O–H groups in total. The molecule has 13 heavy (non-hydrogen) atoms. The summed E-state index contributed by atoms with van der Waals surface area (Å²) >= 11 is 0. The van der Waals surface area contributed by atoms with Gasteiger partial charge in [-0.2, -0.15) is 0 Å². The second-order valence-corrected chi connectivity index (χ2v) is 2.96. The van der Waals surface area contributed by atoms with Crippen LogP contribution >= 0.6 is 0 Å². The summed E-state index contributed by atoms with van der Waals surface area (Å²) in [5, 5.41) is 0. The molecule has 1 aromatic rings. The summed E-state index contributed by atoms with van der Waals surface area (Å²) in [5.41, 5.74) is 0. The molecule has 0 atom stereocenters. The Morgan fingerprint density at radius 1 is 1.38 bits per heavy atom. The Hall–Kier alpha value is -1.58. The number of hydrogen-bond acceptors (Lipinski definition) is 2. The van der Waals surface area contributed by atoms with Crippen LogP contribution in [0.3, 0.4) is 0 Å². The van der Waals surface area contributed by atoms with Crippen LogP contribution in [0, 0.1) is 0 Å². The lowest BCUT2D eigenvalue weighted by Crippen LogP contribution is -2.36. The second-order valence-electron chi connectivity index (χ2n) is 2.96. The summed E-state index contributed by atoms with van der Waals surface area (Å²) in [6.07, 6.45) is 9.86. The first kappa shape index (κ1) is 8.04. The maximum absolute atomic E-state index is 11.7. The third kappa shape index (κ3) is 1.61. The van der Waals surface area contributed by atoms with Gasteiger partial charge in [0.05, 0.1) is 0 Å². The average molecular weight is 177 g/mol. The Morgan fingerprint density at radius 3 is 2.92 bits per heavy atom. The molecule has 68 valence electrons. The van der Waals surface area contributed by atoms with Gasteiger partial charge in [0.1, 0.15) is 6.33 Å². The number of imidazole rings is 1. The van der Waals surface area contributed by atoms with Gasteiger partial charge in [-0.3, -0.25) is 4.57 Å². The Morgan fingerprint density at radius 2 is 2.31 bits per heavy atom. The summed E-state index contributed by atoms with van der Waals surface area (Å²) in [4.78, 5) is 17.3. The van der Waals surface area contributed by atoms with E-state index in [0.29, 0.717) is 6.54 Å². The Bertz CT molecular complexity index is 316. The molecule has 2 heterocycles. The fourth-order valence-electron chi connectivity index (χ4n) is 1.35. The van der Waals surface area contributed by atoms with Crippen LogP contribution in [0.5, 0.6) is 0 Å². The molecule has 0 spiro atoms. The summed E-state index contributed by atoms with van der Waals surface area (Å²) in [6.45, 7) is 1.50. The van der Waals surface area contributed by atoms with E-state index in [4.69, 9.17) is 0 Å². The molecule has 1 aromatic heterocycles. The van der Waals surface area contributed by atoms with Gasteiger partial charge < -0.3 is 4.90 Å². The zero-order valence-electron chi connectivity index (χ0n) is 7.26. The van der Waals surface area contributed by atoms with E-state index in [9.17, 15) is 4.79 Å². The highest BCUT2D eigenvalue weighted by Gasteiger charge is 2.14. The number of nitrogens with zero attached hydrogens (tertiary/aromatic N) is 3. The summed E-state index contributed by atoms with van der Waals surface area (Å²) in [6, 6.07) is 0.00171. The van der Waals surface area contributed by atoms with Crippen LogP contribution < -0.4 is 0 Å². The molecule has 1 amide bonds. The van der Waals surface area contributed by atoms with Crippen molar-refractivity contribution in [2.45, 2.75) is 6.42 Å². The van der Waals surface area contributed by atoms with Crippen molar-refractivity contribution in [2.24, 2.45) is 0 Å². The number of hydrogen-bond donors (Lipinski definition) is 0. The number of amides is 1. The van der Waals surface area contributed by atoms with Gasteiger partial charge in [0.15, 0.2) is 0 Å². The third-order valence-corrected chi connectivity index (χ3v) is 2.05. The van der Waals surface area contributed by atoms with Gasteiger partial charge in [0, 0.05) is 25.5 Å². The maximum Gasteiger partial charge on any atom is 0.329 e. The Kier molecular flexibility index (Phi) is 2.12. The normalized spacial score (nSPS) is 16.2. The van der Waals surface area contributed by atoms with Crippen molar-refractivity contribution in [3.05, 3.63) is 30.9 Å². The van der Waals surface area contributed by atoms with Gasteiger partial charge in [-0.05, 0) is 6.42 Å². The third-order valence-electron chi connectivity index (χ3n) is 2.05. The lowest BCUT2D eigenvalue weighted by atomic mass is 10.3. The van der Waals surface area contributed by atoms with E-state index in [-0.39, 0.29) is 6.03 Å². The molecule has 2 rings (SSSR count). The number of carbonyl (C=O) groups excluding carboxylic acids is 1. The summed E-state index contributed by atoms with van der Waals surface area (Å²) in [7, 11) is 0. The molecule has 0 aromatic carbocycles. The van der Waals surface area contributed by atoms with Crippen LogP contribution in [0.4, 0.5) is 4.79 Å². The largest absolute Gasteiger partial charge is 0.329 e. The molecule has 1 aliphatic rings. The van der Waals surface area contributed by atoms with Crippen LogP contribution in [0.15, 0.2) is 30.9 Å². The molecule has 0 saturated carbocycles. The molecular formula is C9H11N3O. The first-order valence-corrected chi connectivity index (χ1v) is 4.30. The highest BCUT2D eigenvalue weighted by atomic mass is 16.2. The Labute approximate surface area is 76.5 Å². The van der Waals surface area contributed by atoms with Crippen molar-refractivity contribution in [2.75, 3.05) is 13.1 Å². The van der Waals surface area contributed by atoms with Gasteiger partial charge in [-0.1, -0.05) is 12.2 Å². The predicted octanol–water partition coefficient (Wildman–Crippen LogP) is 1.11. The van der Waals surface area contributed by atoms with Crippen LogP contribution in [-0.4, -0.2) is 33.6 Å². The lowest BCUT2D eigenvalue weighted by molar-refractivity contribution is 0.204. The minimum atomic E-state index is 0.00171. The van der Waals surface area contributed by atoms with Gasteiger partial charge in [-0.25, -0.2) is 9.78 Å². The topological polar surface area (TPSA) is 38.1 Å². The van der Waals surface area contributed by atoms with Gasteiger partial charge >= 0.3 is 6.03 Å². The number of carbonyl (C=O) groups is 1. The monoisotopic (exact) mass is 177 g/mol. The molecule has 0 fully saturated rings. The van der Waals surface area contributed by atoms with E-state index in [1.807, 2.05) is 6.08 Å². The smallest absolute Gasteiger partial charge is 0.320 e. The molecule has 0 bridgehead atoms. The molecule has 4 nitrogen and oxygen atoms in total. The SMILES string of the molecule is O=C(N1CC=CCC1)n1ccnc1. The zero-order valence-corrected chi connectivity index (χ0v) is 7.26. The molecular weight excluding hydrogens is 166 g/mol. The van der Waals surface area contributed by atoms with Gasteiger partial charge in [-0.15, -0.1) is 0 Å². The standard InChI is InChI=1S/C9H11N3O/c13-9(12-7-4-10-8-12)11-5-2-1-3-6-11/h1-2,4,7-8H,3,5-6H2. The summed E-state index contributed by atoms with van der Waals surface area (Å²) < 4.78 is 1.50. The van der Waals surface area contributed by atoms with E-state index in [2.05, 4.69) is 11.1 Å². The zero-order chi connectivity index (χ0) is 9.10. The van der Waals surface area contributed by atoms with Crippen molar-refractivity contribution in [1.29, 1.82) is 0 Å². The average Bonchev–Trinajstić information content (AvgIpc) is 2.71. The van der Waals surface area contributed by atoms with Crippen LogP contribution in [0.25, 0.3) is 0 Å². The van der Waals surface area contributed by atoms with Crippen molar-refractivity contribution in [3.63, 3.8) is 0 Å². The van der Waals surface area contributed by atoms with Crippen molar-refractivity contribution < 1.29 is 4.79 Å². The van der Waals surface area contributed by atoms with E-state index in [0.717, 1.165) is 13.0 Å². The highest BCUT2D eigenvalue weighted by molar-refractivity contribution is 5.76. The van der Waals surface area contributed by atoms with Gasteiger partial charge in [0.2, 0.25) is 0 Å². The van der Waals surface area contributed by atoms with E-state index < -0.39 is 0 Å². The maximum atomic E-state index is 11.7. The van der Waals surface area contributed by atoms with Gasteiger partial charge in [0.25, 0.3) is 0 Å². The second kappa shape index (κ2) is 3.43. The number of rotatable bonds is 0. The number of aromatic nitrogens is 2. The minimum absolute atomic E-state index is 0.00171. The first-order valence-electron chi connectivity index (χ1n) is 4.30.